The van der Waals surface area contributed by atoms with Crippen LogP contribution in [-0.4, -0.2) is 56.0 Å². The number of guanidine groups is 1. The summed E-state index contributed by atoms with van der Waals surface area (Å²) in [5.74, 6) is 0.509. The lowest BCUT2D eigenvalue weighted by Gasteiger charge is -2.30. The second kappa shape index (κ2) is 14.5. The Morgan fingerprint density at radius 2 is 2.03 bits per heavy atom. The summed E-state index contributed by atoms with van der Waals surface area (Å²) in [6.07, 6.45) is 4.63. The monoisotopic (exact) mass is 519 g/mol. The summed E-state index contributed by atoms with van der Waals surface area (Å²) in [6.45, 7) is 7.30. The van der Waals surface area contributed by atoms with Crippen LogP contribution in [0.25, 0.3) is 0 Å². The van der Waals surface area contributed by atoms with Crippen molar-refractivity contribution in [3.05, 3.63) is 35.6 Å². The van der Waals surface area contributed by atoms with Crippen LogP contribution in [-0.2, 0) is 11.2 Å². The van der Waals surface area contributed by atoms with Crippen LogP contribution in [0.5, 0.6) is 0 Å². The summed E-state index contributed by atoms with van der Waals surface area (Å²) in [5.41, 5.74) is 6.35. The van der Waals surface area contributed by atoms with E-state index in [1.165, 1.54) is 6.07 Å². The molecule has 0 unspecified atom stereocenters. The average Bonchev–Trinajstić information content (AvgIpc) is 2.68. The number of nitrogens with two attached hydrogens (primary N) is 1. The molecule has 1 aromatic rings. The van der Waals surface area contributed by atoms with Gasteiger partial charge in [-0.25, -0.2) is 4.39 Å². The lowest BCUT2D eigenvalue weighted by atomic mass is 9.96. The van der Waals surface area contributed by atoms with Gasteiger partial charge >= 0.3 is 0 Å². The first-order valence-corrected chi connectivity index (χ1v) is 10.4. The Morgan fingerprint density at radius 1 is 1.28 bits per heavy atom. The summed E-state index contributed by atoms with van der Waals surface area (Å²) in [4.78, 5) is 18.2. The molecule has 29 heavy (non-hydrogen) atoms. The standard InChI is InChI=1S/C21H34FN5O.HI/c1-2-24-21(26-12-8-17-6-5-7-19(22)16-17)25-11-3-4-13-27-14-9-18(10-15-27)20(23)28;/h5-7,16,18H,2-4,8-15H2,1H3,(H2,23,28)(H2,24,25,26);1H. The smallest absolute Gasteiger partial charge is 0.220 e. The van der Waals surface area contributed by atoms with E-state index in [4.69, 9.17) is 5.73 Å². The number of hydrogen-bond acceptors (Lipinski definition) is 3. The summed E-state index contributed by atoms with van der Waals surface area (Å²) in [5, 5.41) is 6.55. The molecule has 1 aliphatic rings. The zero-order valence-electron chi connectivity index (χ0n) is 17.3. The van der Waals surface area contributed by atoms with Crippen molar-refractivity contribution in [1.29, 1.82) is 0 Å². The molecule has 8 heteroatoms. The highest BCUT2D eigenvalue weighted by Crippen LogP contribution is 2.16. The molecule has 1 saturated heterocycles. The molecule has 6 nitrogen and oxygen atoms in total. The Bertz CT molecular complexity index is 635. The SMILES string of the molecule is CCNC(=NCCCCN1CCC(C(N)=O)CC1)NCCc1cccc(F)c1.I. The third kappa shape index (κ3) is 10.3. The number of primary amides is 1. The number of amides is 1. The first-order chi connectivity index (χ1) is 13.6. The Labute approximate surface area is 190 Å². The largest absolute Gasteiger partial charge is 0.369 e. The molecule has 1 aromatic carbocycles. The van der Waals surface area contributed by atoms with Gasteiger partial charge in [0.05, 0.1) is 0 Å². The number of hydrogen-bond donors (Lipinski definition) is 3. The minimum atomic E-state index is -0.197. The van der Waals surface area contributed by atoms with E-state index in [1.54, 1.807) is 12.1 Å². The molecular formula is C21H35FIN5O. The van der Waals surface area contributed by atoms with Crippen molar-refractivity contribution >= 4 is 35.8 Å². The van der Waals surface area contributed by atoms with Gasteiger partial charge in [-0.3, -0.25) is 9.79 Å². The predicted octanol–water partition coefficient (Wildman–Crippen LogP) is 2.52. The van der Waals surface area contributed by atoms with Gasteiger partial charge in [0.1, 0.15) is 5.82 Å². The van der Waals surface area contributed by atoms with Crippen LogP contribution >= 0.6 is 24.0 Å². The van der Waals surface area contributed by atoms with Crippen molar-refractivity contribution in [2.45, 2.75) is 39.0 Å². The van der Waals surface area contributed by atoms with E-state index in [-0.39, 0.29) is 41.6 Å². The van der Waals surface area contributed by atoms with Crippen LogP contribution < -0.4 is 16.4 Å². The first-order valence-electron chi connectivity index (χ1n) is 10.4. The Kier molecular flexibility index (Phi) is 12.8. The van der Waals surface area contributed by atoms with Crippen molar-refractivity contribution in [3.63, 3.8) is 0 Å². The van der Waals surface area contributed by atoms with E-state index in [2.05, 4.69) is 20.5 Å². The molecule has 1 fully saturated rings. The van der Waals surface area contributed by atoms with Crippen LogP contribution in [0.2, 0.25) is 0 Å². The fourth-order valence-electron chi connectivity index (χ4n) is 3.44. The average molecular weight is 519 g/mol. The fraction of sp³-hybridized carbons (Fsp3) is 0.619. The zero-order valence-corrected chi connectivity index (χ0v) is 19.7. The number of likely N-dealkylation sites (tertiary alicyclic amines) is 1. The number of benzene rings is 1. The second-order valence-corrected chi connectivity index (χ2v) is 7.29. The molecule has 2 rings (SSSR count). The molecule has 164 valence electrons. The van der Waals surface area contributed by atoms with Crippen molar-refractivity contribution < 1.29 is 9.18 Å². The van der Waals surface area contributed by atoms with Gasteiger partial charge in [-0.15, -0.1) is 24.0 Å². The van der Waals surface area contributed by atoms with Gasteiger partial charge < -0.3 is 21.3 Å². The molecule has 0 aliphatic carbocycles. The van der Waals surface area contributed by atoms with Gasteiger partial charge in [-0.1, -0.05) is 12.1 Å². The summed E-state index contributed by atoms with van der Waals surface area (Å²) in [7, 11) is 0. The quantitative estimate of drug-likeness (QED) is 0.192. The van der Waals surface area contributed by atoms with Gasteiger partial charge in [0.2, 0.25) is 5.91 Å². The molecule has 0 aromatic heterocycles. The summed E-state index contributed by atoms with van der Waals surface area (Å²) in [6, 6.07) is 6.70. The number of aliphatic imine (C=N–C) groups is 1. The first kappa shape index (κ1) is 25.6. The van der Waals surface area contributed by atoms with Gasteiger partial charge in [0.25, 0.3) is 0 Å². The number of carbonyl (C=O) groups excluding carboxylic acids is 1. The van der Waals surface area contributed by atoms with Gasteiger partial charge in [-0.05, 0) is 76.4 Å². The van der Waals surface area contributed by atoms with Crippen molar-refractivity contribution in [2.75, 3.05) is 39.3 Å². The Hall–Kier alpha value is -1.42. The number of halogens is 2. The Morgan fingerprint density at radius 3 is 2.69 bits per heavy atom. The summed E-state index contributed by atoms with van der Waals surface area (Å²) < 4.78 is 13.2. The number of nitrogens with one attached hydrogen (secondary N) is 2. The number of unbranched alkanes of at least 4 members (excludes halogenated alkanes) is 1. The molecule has 0 bridgehead atoms. The normalized spacial score (nSPS) is 15.6. The van der Waals surface area contributed by atoms with E-state index in [1.807, 2.05) is 13.0 Å². The maximum absolute atomic E-state index is 13.2. The third-order valence-corrected chi connectivity index (χ3v) is 5.08. The molecule has 0 radical (unpaired) electrons. The zero-order chi connectivity index (χ0) is 20.2. The highest BCUT2D eigenvalue weighted by Gasteiger charge is 2.22. The minimum absolute atomic E-state index is 0. The van der Waals surface area contributed by atoms with E-state index in [9.17, 15) is 9.18 Å². The molecule has 1 heterocycles. The minimum Gasteiger partial charge on any atom is -0.369 e. The topological polar surface area (TPSA) is 82.8 Å². The second-order valence-electron chi connectivity index (χ2n) is 7.29. The highest BCUT2D eigenvalue weighted by molar-refractivity contribution is 14.0. The lowest BCUT2D eigenvalue weighted by molar-refractivity contribution is -0.123. The molecule has 1 aliphatic heterocycles. The van der Waals surface area contributed by atoms with Crippen LogP contribution in [0.3, 0.4) is 0 Å². The van der Waals surface area contributed by atoms with Crippen LogP contribution in [0.4, 0.5) is 4.39 Å². The van der Waals surface area contributed by atoms with Crippen LogP contribution in [0.1, 0.15) is 38.2 Å². The maximum atomic E-state index is 13.2. The predicted molar refractivity (Wildman–Crippen MR) is 127 cm³/mol. The van der Waals surface area contributed by atoms with Crippen LogP contribution in [0, 0.1) is 11.7 Å². The molecule has 4 N–H and O–H groups in total. The van der Waals surface area contributed by atoms with Crippen molar-refractivity contribution in [3.8, 4) is 0 Å². The lowest BCUT2D eigenvalue weighted by Crippen LogP contribution is -2.39. The number of carbonyl (C=O) groups is 1. The van der Waals surface area contributed by atoms with E-state index >= 15 is 0 Å². The molecule has 1 amide bonds. The molecule has 0 saturated carbocycles. The van der Waals surface area contributed by atoms with E-state index < -0.39 is 0 Å². The number of piperidine rings is 1. The highest BCUT2D eigenvalue weighted by atomic mass is 127. The Balaban J connectivity index is 0.00000420. The van der Waals surface area contributed by atoms with Gasteiger partial charge in [0.15, 0.2) is 5.96 Å². The molecule has 0 spiro atoms. The van der Waals surface area contributed by atoms with Gasteiger partial charge in [0, 0.05) is 25.6 Å². The van der Waals surface area contributed by atoms with Crippen molar-refractivity contribution in [1.82, 2.24) is 15.5 Å². The van der Waals surface area contributed by atoms with E-state index in [0.717, 1.165) is 76.4 Å². The van der Waals surface area contributed by atoms with Gasteiger partial charge in [-0.2, -0.15) is 0 Å². The third-order valence-electron chi connectivity index (χ3n) is 5.08. The maximum Gasteiger partial charge on any atom is 0.220 e. The fourth-order valence-corrected chi connectivity index (χ4v) is 3.44. The summed E-state index contributed by atoms with van der Waals surface area (Å²) >= 11 is 0. The van der Waals surface area contributed by atoms with Crippen molar-refractivity contribution in [2.24, 2.45) is 16.6 Å². The van der Waals surface area contributed by atoms with Crippen LogP contribution in [0.15, 0.2) is 29.3 Å². The van der Waals surface area contributed by atoms with E-state index in [0.29, 0.717) is 6.54 Å². The number of rotatable bonds is 10. The molecular weight excluding hydrogens is 484 g/mol. The number of nitrogens with zero attached hydrogens (tertiary/aromatic N) is 2. The molecule has 0 atom stereocenters.